The highest BCUT2D eigenvalue weighted by Gasteiger charge is 2.48. The lowest BCUT2D eigenvalue weighted by Crippen LogP contribution is -2.44. The number of aliphatic hydroxyl groups excluding tert-OH is 2. The molecule has 0 radical (unpaired) electrons. The van der Waals surface area contributed by atoms with Gasteiger partial charge in [0.05, 0.1) is 6.33 Å². The average molecular weight is 362 g/mol. The number of phosphoric ester groups is 1. The van der Waals surface area contributed by atoms with E-state index in [1.165, 1.54) is 17.2 Å². The molecule has 2 aromatic rings. The third kappa shape index (κ3) is 2.99. The van der Waals surface area contributed by atoms with Crippen LogP contribution in [-0.4, -0.2) is 64.1 Å². The SMILES string of the molecule is Nc1ncnc2c1ncn2[C@@H]1O[C@H](C(N)OP(=O)(O)O)[C@@H](O)[C@H]1O. The van der Waals surface area contributed by atoms with E-state index in [9.17, 15) is 14.8 Å². The predicted octanol–water partition coefficient (Wildman–Crippen LogP) is -2.58. The second kappa shape index (κ2) is 5.98. The Kier molecular flexibility index (Phi) is 4.27. The number of hydrogen-bond acceptors (Lipinski definition) is 10. The standard InChI is InChI=1S/C10H15N6O7P/c11-7-3-9(14-1-13-7)16(2-15-3)10-5(18)4(17)6(22-10)8(12)23-24(19,20)21/h1-2,4-6,8,10,17-18H,12H2,(H2,11,13,14)(H2,19,20,21)/t4-,5+,6-,8?,10+/m0/s1. The van der Waals surface area contributed by atoms with Crippen LogP contribution in [0.4, 0.5) is 5.82 Å². The summed E-state index contributed by atoms with van der Waals surface area (Å²) in [6.07, 6.45) is -4.81. The van der Waals surface area contributed by atoms with Crippen molar-refractivity contribution >= 4 is 24.8 Å². The zero-order valence-electron chi connectivity index (χ0n) is 11.9. The lowest BCUT2D eigenvalue weighted by molar-refractivity contribution is -0.0791. The van der Waals surface area contributed by atoms with Crippen molar-refractivity contribution < 1.29 is 33.8 Å². The van der Waals surface area contributed by atoms with Gasteiger partial charge in [0.15, 0.2) is 17.7 Å². The number of aromatic nitrogens is 4. The number of anilines is 1. The van der Waals surface area contributed by atoms with E-state index in [4.69, 9.17) is 26.0 Å². The maximum absolute atomic E-state index is 10.9. The molecule has 1 aliphatic rings. The molecule has 0 bridgehead atoms. The fourth-order valence-electron chi connectivity index (χ4n) is 2.46. The summed E-state index contributed by atoms with van der Waals surface area (Å²) in [7, 11) is -4.90. The molecule has 8 N–H and O–H groups in total. The van der Waals surface area contributed by atoms with Gasteiger partial charge in [-0.15, -0.1) is 0 Å². The quantitative estimate of drug-likeness (QED) is 0.244. The Hall–Kier alpha value is -1.70. The van der Waals surface area contributed by atoms with Gasteiger partial charge in [-0.25, -0.2) is 19.5 Å². The molecule has 132 valence electrons. The third-order valence-electron chi connectivity index (χ3n) is 3.52. The Morgan fingerprint density at radius 3 is 2.67 bits per heavy atom. The van der Waals surface area contributed by atoms with Crippen LogP contribution in [-0.2, 0) is 13.8 Å². The molecule has 1 unspecified atom stereocenters. The molecule has 5 atom stereocenters. The Labute approximate surface area is 134 Å². The number of nitrogens with two attached hydrogens (primary N) is 2. The highest BCUT2D eigenvalue weighted by atomic mass is 31.2. The number of hydrogen-bond donors (Lipinski definition) is 6. The Balaban J connectivity index is 1.89. The lowest BCUT2D eigenvalue weighted by atomic mass is 10.1. The smallest absolute Gasteiger partial charge is 0.387 e. The molecular weight excluding hydrogens is 347 g/mol. The van der Waals surface area contributed by atoms with Crippen molar-refractivity contribution in [2.75, 3.05) is 5.73 Å². The maximum Gasteiger partial charge on any atom is 0.471 e. The van der Waals surface area contributed by atoms with Crippen molar-refractivity contribution in [1.29, 1.82) is 0 Å². The highest BCUT2D eigenvalue weighted by molar-refractivity contribution is 7.46. The van der Waals surface area contributed by atoms with Gasteiger partial charge in [-0.2, -0.15) is 0 Å². The molecule has 3 rings (SSSR count). The van der Waals surface area contributed by atoms with Crippen molar-refractivity contribution in [2.24, 2.45) is 5.73 Å². The molecule has 0 amide bonds. The van der Waals surface area contributed by atoms with Gasteiger partial charge in [-0.3, -0.25) is 9.09 Å². The van der Waals surface area contributed by atoms with Gasteiger partial charge >= 0.3 is 7.82 Å². The van der Waals surface area contributed by atoms with Gasteiger partial charge in [-0.1, -0.05) is 0 Å². The third-order valence-corrected chi connectivity index (χ3v) is 4.04. The van der Waals surface area contributed by atoms with Gasteiger partial charge in [0.25, 0.3) is 0 Å². The minimum Gasteiger partial charge on any atom is -0.387 e. The van der Waals surface area contributed by atoms with Gasteiger partial charge in [0.1, 0.15) is 36.4 Å². The van der Waals surface area contributed by atoms with Crippen LogP contribution in [0.2, 0.25) is 0 Å². The van der Waals surface area contributed by atoms with Gasteiger partial charge in [0, 0.05) is 0 Å². The Bertz CT molecular complexity index is 795. The van der Waals surface area contributed by atoms with Crippen LogP contribution in [0.5, 0.6) is 0 Å². The minimum atomic E-state index is -4.90. The van der Waals surface area contributed by atoms with Crippen LogP contribution in [0.15, 0.2) is 12.7 Å². The first-order chi connectivity index (χ1) is 11.2. The normalized spacial score (nSPS) is 29.2. The molecular formula is C10H15N6O7P. The van der Waals surface area contributed by atoms with E-state index in [1.54, 1.807) is 0 Å². The van der Waals surface area contributed by atoms with Crippen LogP contribution in [0, 0.1) is 0 Å². The summed E-state index contributed by atoms with van der Waals surface area (Å²) in [5, 5.41) is 20.2. The molecule has 24 heavy (non-hydrogen) atoms. The van der Waals surface area contributed by atoms with E-state index >= 15 is 0 Å². The summed E-state index contributed by atoms with van der Waals surface area (Å²) >= 11 is 0. The summed E-state index contributed by atoms with van der Waals surface area (Å²) < 4.78 is 21.9. The van der Waals surface area contributed by atoms with Crippen LogP contribution in [0.25, 0.3) is 11.2 Å². The summed E-state index contributed by atoms with van der Waals surface area (Å²) in [5.41, 5.74) is 11.7. The average Bonchev–Trinajstić information content (AvgIpc) is 3.01. The molecule has 1 fully saturated rings. The lowest BCUT2D eigenvalue weighted by Gasteiger charge is -2.22. The van der Waals surface area contributed by atoms with Crippen LogP contribution in [0.1, 0.15) is 6.23 Å². The molecule has 3 heterocycles. The summed E-state index contributed by atoms with van der Waals surface area (Å²) in [6.45, 7) is 0. The second-order valence-corrected chi connectivity index (χ2v) is 6.31. The van der Waals surface area contributed by atoms with Crippen molar-refractivity contribution in [3.8, 4) is 0 Å². The van der Waals surface area contributed by atoms with E-state index in [0.717, 1.165) is 0 Å². The fraction of sp³-hybridized carbons (Fsp3) is 0.500. The first kappa shape index (κ1) is 17.1. The van der Waals surface area contributed by atoms with E-state index in [2.05, 4.69) is 19.5 Å². The monoisotopic (exact) mass is 362 g/mol. The summed E-state index contributed by atoms with van der Waals surface area (Å²) in [5.74, 6) is 0.116. The van der Waals surface area contributed by atoms with Crippen LogP contribution >= 0.6 is 7.82 Å². The van der Waals surface area contributed by atoms with E-state index in [-0.39, 0.29) is 17.0 Å². The zero-order chi connectivity index (χ0) is 17.6. The number of nitrogens with zero attached hydrogens (tertiary/aromatic N) is 4. The predicted molar refractivity (Wildman–Crippen MR) is 76.8 cm³/mol. The maximum atomic E-state index is 10.9. The Morgan fingerprint density at radius 2 is 2.00 bits per heavy atom. The molecule has 0 aromatic carbocycles. The number of aliphatic hydroxyl groups is 2. The molecule has 2 aromatic heterocycles. The number of rotatable bonds is 4. The molecule has 1 saturated heterocycles. The molecule has 13 nitrogen and oxygen atoms in total. The number of ether oxygens (including phenoxy) is 1. The molecule has 1 aliphatic heterocycles. The number of fused-ring (bicyclic) bond motifs is 1. The second-order valence-electron chi connectivity index (χ2n) is 5.12. The Morgan fingerprint density at radius 1 is 1.29 bits per heavy atom. The van der Waals surface area contributed by atoms with Crippen molar-refractivity contribution in [1.82, 2.24) is 19.5 Å². The first-order valence-corrected chi connectivity index (χ1v) is 8.16. The van der Waals surface area contributed by atoms with E-state index in [0.29, 0.717) is 0 Å². The summed E-state index contributed by atoms with van der Waals surface area (Å²) in [4.78, 5) is 29.3. The molecule has 14 heteroatoms. The largest absolute Gasteiger partial charge is 0.471 e. The minimum absolute atomic E-state index is 0.116. The van der Waals surface area contributed by atoms with Gasteiger partial charge in [-0.05, 0) is 0 Å². The zero-order valence-corrected chi connectivity index (χ0v) is 12.8. The number of nitrogen functional groups attached to an aromatic ring is 1. The van der Waals surface area contributed by atoms with Gasteiger partial charge in [0.2, 0.25) is 0 Å². The van der Waals surface area contributed by atoms with Crippen molar-refractivity contribution in [3.05, 3.63) is 12.7 Å². The molecule has 0 aliphatic carbocycles. The van der Waals surface area contributed by atoms with E-state index < -0.39 is 38.6 Å². The molecule has 0 saturated carbocycles. The fourth-order valence-corrected chi connectivity index (χ4v) is 2.90. The number of phosphoric acid groups is 1. The topological polar surface area (TPSA) is 212 Å². The van der Waals surface area contributed by atoms with Crippen molar-refractivity contribution in [2.45, 2.75) is 30.8 Å². The van der Waals surface area contributed by atoms with Gasteiger partial charge < -0.3 is 36.2 Å². The summed E-state index contributed by atoms with van der Waals surface area (Å²) in [6, 6.07) is 0. The first-order valence-electron chi connectivity index (χ1n) is 6.63. The molecule has 0 spiro atoms. The van der Waals surface area contributed by atoms with Crippen molar-refractivity contribution in [3.63, 3.8) is 0 Å². The number of imidazole rings is 1. The van der Waals surface area contributed by atoms with E-state index in [1.807, 2.05) is 0 Å². The highest BCUT2D eigenvalue weighted by Crippen LogP contribution is 2.40. The van der Waals surface area contributed by atoms with Crippen LogP contribution in [0.3, 0.4) is 0 Å². The van der Waals surface area contributed by atoms with Crippen LogP contribution < -0.4 is 11.5 Å².